The summed E-state index contributed by atoms with van der Waals surface area (Å²) in [5, 5.41) is 11.7. The van der Waals surface area contributed by atoms with E-state index in [9.17, 15) is 19.1 Å². The maximum Gasteiger partial charge on any atom is 0.301 e. The van der Waals surface area contributed by atoms with E-state index in [1.165, 1.54) is 42.7 Å². The Labute approximate surface area is 190 Å². The predicted octanol–water partition coefficient (Wildman–Crippen LogP) is 5.11. The summed E-state index contributed by atoms with van der Waals surface area (Å²) in [4.78, 5) is 35.7. The molecule has 0 radical (unpaired) electrons. The lowest BCUT2D eigenvalue weighted by atomic mass is 9.95. The Morgan fingerprint density at radius 2 is 1.84 bits per heavy atom. The Balaban J connectivity index is 1.76. The molecular weight excluding hydrogens is 453 g/mol. The van der Waals surface area contributed by atoms with Gasteiger partial charge in [0.25, 0.3) is 5.78 Å². The van der Waals surface area contributed by atoms with Crippen LogP contribution in [0.3, 0.4) is 0 Å². The molecule has 2 aromatic heterocycles. The number of carbonyl (C=O) groups is 2. The van der Waals surface area contributed by atoms with Gasteiger partial charge in [-0.25, -0.2) is 9.37 Å². The number of hydrogen-bond donors (Lipinski definition) is 1. The van der Waals surface area contributed by atoms with Crippen molar-refractivity contribution in [2.45, 2.75) is 6.04 Å². The first-order valence-corrected chi connectivity index (χ1v) is 10.7. The molecule has 9 heteroatoms. The Morgan fingerprint density at radius 1 is 1.09 bits per heavy atom. The minimum atomic E-state index is -1.19. The minimum Gasteiger partial charge on any atom is -0.507 e. The van der Waals surface area contributed by atoms with Gasteiger partial charge in [0.15, 0.2) is 5.13 Å². The molecule has 158 valence electrons. The van der Waals surface area contributed by atoms with Crippen LogP contribution in [0.1, 0.15) is 17.2 Å². The number of aromatic nitrogens is 2. The van der Waals surface area contributed by atoms with Crippen molar-refractivity contribution in [3.8, 4) is 0 Å². The third kappa shape index (κ3) is 3.24. The number of Topliss-reactive ketones (excluding diaryl/α,β-unsaturated/α-hetero) is 1. The monoisotopic (exact) mass is 465 g/mol. The zero-order chi connectivity index (χ0) is 22.4. The second-order valence-corrected chi connectivity index (χ2v) is 8.48. The first kappa shape index (κ1) is 20.3. The van der Waals surface area contributed by atoms with Crippen molar-refractivity contribution in [2.75, 3.05) is 4.90 Å². The SMILES string of the molecule is O=C1C(=O)N(c2nc3ccc(Cl)cc3s2)C(c2ccccc2F)/C1=C(\O)c1ccncc1. The lowest BCUT2D eigenvalue weighted by Gasteiger charge is -2.23. The lowest BCUT2D eigenvalue weighted by Crippen LogP contribution is -2.29. The maximum atomic E-state index is 14.9. The molecule has 1 saturated heterocycles. The number of ketones is 1. The molecule has 5 rings (SSSR count). The second kappa shape index (κ2) is 7.81. The fourth-order valence-electron chi connectivity index (χ4n) is 3.68. The first-order valence-electron chi connectivity index (χ1n) is 9.47. The number of carbonyl (C=O) groups excluding carboxylic acids is 2. The first-order chi connectivity index (χ1) is 15.5. The molecule has 0 saturated carbocycles. The second-order valence-electron chi connectivity index (χ2n) is 7.03. The molecule has 0 spiro atoms. The molecule has 1 fully saturated rings. The van der Waals surface area contributed by atoms with Crippen molar-refractivity contribution in [1.82, 2.24) is 9.97 Å². The fourth-order valence-corrected chi connectivity index (χ4v) is 4.94. The molecule has 32 heavy (non-hydrogen) atoms. The molecule has 1 amide bonds. The Hall–Kier alpha value is -3.62. The van der Waals surface area contributed by atoms with Crippen LogP contribution in [-0.2, 0) is 9.59 Å². The van der Waals surface area contributed by atoms with Gasteiger partial charge >= 0.3 is 5.91 Å². The molecule has 3 heterocycles. The molecule has 1 aliphatic heterocycles. The number of nitrogens with zero attached hydrogens (tertiary/aromatic N) is 3. The summed E-state index contributed by atoms with van der Waals surface area (Å²) < 4.78 is 15.6. The van der Waals surface area contributed by atoms with E-state index in [1.54, 1.807) is 24.3 Å². The maximum absolute atomic E-state index is 14.9. The minimum absolute atomic E-state index is 0.0691. The van der Waals surface area contributed by atoms with Gasteiger partial charge in [-0.3, -0.25) is 19.5 Å². The average molecular weight is 466 g/mol. The summed E-state index contributed by atoms with van der Waals surface area (Å²) in [5.74, 6) is -2.86. The number of amides is 1. The van der Waals surface area contributed by atoms with Crippen molar-refractivity contribution >= 4 is 55.7 Å². The van der Waals surface area contributed by atoms with Gasteiger partial charge < -0.3 is 5.11 Å². The van der Waals surface area contributed by atoms with Crippen molar-refractivity contribution in [2.24, 2.45) is 0 Å². The Bertz CT molecular complexity index is 1420. The standard InChI is InChI=1S/C23H13ClFN3O3S/c24-13-5-6-16-17(11-13)32-23(27-16)28-19(14-3-1-2-4-15(14)25)18(21(30)22(28)31)20(29)12-7-9-26-10-8-12/h1-11,19,29H/b20-18+. The number of aliphatic hydroxyl groups excluding tert-OH is 1. The molecule has 2 aromatic carbocycles. The number of hydrogen-bond acceptors (Lipinski definition) is 6. The van der Waals surface area contributed by atoms with Crippen LogP contribution in [0.25, 0.3) is 16.0 Å². The van der Waals surface area contributed by atoms with Crippen LogP contribution < -0.4 is 4.90 Å². The zero-order valence-electron chi connectivity index (χ0n) is 16.2. The number of anilines is 1. The summed E-state index contributed by atoms with van der Waals surface area (Å²) >= 11 is 7.22. The van der Waals surface area contributed by atoms with Gasteiger partial charge in [0.2, 0.25) is 0 Å². The number of rotatable bonds is 3. The van der Waals surface area contributed by atoms with Gasteiger partial charge in [-0.1, -0.05) is 41.1 Å². The normalized spacial score (nSPS) is 17.9. The molecule has 1 atom stereocenters. The smallest absolute Gasteiger partial charge is 0.301 e. The average Bonchev–Trinajstić information content (AvgIpc) is 3.32. The van der Waals surface area contributed by atoms with Gasteiger partial charge in [-0.15, -0.1) is 0 Å². The topological polar surface area (TPSA) is 83.4 Å². The molecule has 0 bridgehead atoms. The number of aliphatic hydroxyl groups is 1. The van der Waals surface area contributed by atoms with Crippen LogP contribution >= 0.6 is 22.9 Å². The van der Waals surface area contributed by atoms with Crippen LogP contribution in [-0.4, -0.2) is 26.8 Å². The van der Waals surface area contributed by atoms with E-state index in [2.05, 4.69) is 9.97 Å². The van der Waals surface area contributed by atoms with Crippen molar-refractivity contribution in [3.05, 3.63) is 94.5 Å². The van der Waals surface area contributed by atoms with Gasteiger partial charge in [0.1, 0.15) is 17.6 Å². The Morgan fingerprint density at radius 3 is 2.59 bits per heavy atom. The highest BCUT2D eigenvalue weighted by molar-refractivity contribution is 7.22. The number of thiazole rings is 1. The van der Waals surface area contributed by atoms with E-state index >= 15 is 0 Å². The van der Waals surface area contributed by atoms with E-state index in [1.807, 2.05) is 0 Å². The van der Waals surface area contributed by atoms with Gasteiger partial charge in [-0.2, -0.15) is 0 Å². The van der Waals surface area contributed by atoms with Crippen LogP contribution in [0.4, 0.5) is 9.52 Å². The molecular formula is C23H13ClFN3O3S. The van der Waals surface area contributed by atoms with E-state index in [-0.39, 0.29) is 21.8 Å². The van der Waals surface area contributed by atoms with Gasteiger partial charge in [0, 0.05) is 28.5 Å². The van der Waals surface area contributed by atoms with Crippen molar-refractivity contribution < 1.29 is 19.1 Å². The number of benzene rings is 2. The number of pyridine rings is 1. The van der Waals surface area contributed by atoms with Crippen LogP contribution in [0.2, 0.25) is 5.02 Å². The molecule has 1 aliphatic rings. The third-order valence-electron chi connectivity index (χ3n) is 5.14. The molecule has 0 aliphatic carbocycles. The summed E-state index contributed by atoms with van der Waals surface area (Å²) in [6, 6.07) is 12.7. The highest BCUT2D eigenvalue weighted by atomic mass is 35.5. The van der Waals surface area contributed by atoms with Crippen molar-refractivity contribution in [1.29, 1.82) is 0 Å². The van der Waals surface area contributed by atoms with E-state index in [0.29, 0.717) is 15.2 Å². The summed E-state index contributed by atoms with van der Waals surface area (Å²) in [7, 11) is 0. The fraction of sp³-hybridized carbons (Fsp3) is 0.0435. The van der Waals surface area contributed by atoms with Gasteiger partial charge in [0.05, 0.1) is 15.8 Å². The van der Waals surface area contributed by atoms with E-state index in [4.69, 9.17) is 11.6 Å². The molecule has 6 nitrogen and oxygen atoms in total. The third-order valence-corrected chi connectivity index (χ3v) is 6.40. The summed E-state index contributed by atoms with van der Waals surface area (Å²) in [6.45, 7) is 0. The molecule has 4 aromatic rings. The van der Waals surface area contributed by atoms with Crippen LogP contribution in [0, 0.1) is 5.82 Å². The molecule has 1 N–H and O–H groups in total. The van der Waals surface area contributed by atoms with E-state index in [0.717, 1.165) is 16.2 Å². The van der Waals surface area contributed by atoms with E-state index < -0.39 is 29.3 Å². The highest BCUT2D eigenvalue weighted by Gasteiger charge is 2.49. The van der Waals surface area contributed by atoms with Crippen LogP contribution in [0.15, 0.2) is 72.6 Å². The van der Waals surface area contributed by atoms with Gasteiger partial charge in [-0.05, 0) is 36.4 Å². The lowest BCUT2D eigenvalue weighted by molar-refractivity contribution is -0.132. The Kier molecular flexibility index (Phi) is 4.96. The van der Waals surface area contributed by atoms with Crippen molar-refractivity contribution in [3.63, 3.8) is 0 Å². The largest absolute Gasteiger partial charge is 0.507 e. The summed E-state index contributed by atoms with van der Waals surface area (Å²) in [5.41, 5.74) is 0.719. The molecule has 1 unspecified atom stereocenters. The number of halogens is 2. The predicted molar refractivity (Wildman–Crippen MR) is 120 cm³/mol. The number of fused-ring (bicyclic) bond motifs is 1. The highest BCUT2D eigenvalue weighted by Crippen LogP contribution is 2.45. The quantitative estimate of drug-likeness (QED) is 0.258. The van der Waals surface area contributed by atoms with Crippen LogP contribution in [0.5, 0.6) is 0 Å². The summed E-state index contributed by atoms with van der Waals surface area (Å²) in [6.07, 6.45) is 2.89. The zero-order valence-corrected chi connectivity index (χ0v) is 17.8.